The van der Waals surface area contributed by atoms with E-state index in [0.717, 1.165) is 6.92 Å². The first-order valence-corrected chi connectivity index (χ1v) is 4.93. The molecule has 0 unspecified atom stereocenters. The average Bonchev–Trinajstić information content (AvgIpc) is 2.27. The van der Waals surface area contributed by atoms with E-state index in [-0.39, 0.29) is 6.42 Å². The smallest absolute Gasteiger partial charge is 0.308 e. The van der Waals surface area contributed by atoms with Gasteiger partial charge in [0.25, 0.3) is 0 Å². The maximum Gasteiger partial charge on any atom is 0.308 e. The molecule has 0 spiro atoms. The van der Waals surface area contributed by atoms with Crippen molar-refractivity contribution in [1.29, 1.82) is 0 Å². The number of hydrogen-bond acceptors (Lipinski definition) is 2. The van der Waals surface area contributed by atoms with E-state index in [0.29, 0.717) is 6.42 Å². The van der Waals surface area contributed by atoms with Crippen LogP contribution in [0.2, 0.25) is 0 Å². The van der Waals surface area contributed by atoms with Crippen LogP contribution < -0.4 is 4.74 Å². The molecule has 0 radical (unpaired) electrons. The lowest BCUT2D eigenvalue weighted by Gasteiger charge is -2.10. The molecular formula is C11H10F4O2. The van der Waals surface area contributed by atoms with Crippen molar-refractivity contribution in [2.75, 3.05) is 0 Å². The molecular weight excluding hydrogens is 240 g/mol. The second kappa shape index (κ2) is 5.16. The molecule has 0 heterocycles. The number of carbonyl (C=O) groups excluding carboxylic acids is 1. The van der Waals surface area contributed by atoms with Crippen LogP contribution in [0.4, 0.5) is 17.6 Å². The van der Waals surface area contributed by atoms with Gasteiger partial charge in [-0.05, 0) is 6.42 Å². The fraction of sp³-hybridized carbons (Fsp3) is 0.364. The highest BCUT2D eigenvalue weighted by Gasteiger charge is 2.26. The van der Waals surface area contributed by atoms with Crippen LogP contribution in [0.25, 0.3) is 0 Å². The van der Waals surface area contributed by atoms with E-state index in [9.17, 15) is 22.4 Å². The Morgan fingerprint density at radius 3 is 1.88 bits per heavy atom. The first kappa shape index (κ1) is 13.5. The summed E-state index contributed by atoms with van der Waals surface area (Å²) < 4.78 is 57.5. The third kappa shape index (κ3) is 2.57. The van der Waals surface area contributed by atoms with Gasteiger partial charge in [-0.15, -0.1) is 0 Å². The van der Waals surface area contributed by atoms with E-state index in [1.165, 1.54) is 0 Å². The summed E-state index contributed by atoms with van der Waals surface area (Å²) >= 11 is 0. The summed E-state index contributed by atoms with van der Waals surface area (Å²) in [6, 6.07) is 0. The Hall–Kier alpha value is -1.59. The SMILES string of the molecule is CCCc1c(F)c(F)c(OC(C)=O)c(F)c1F. The van der Waals surface area contributed by atoms with Crippen molar-refractivity contribution in [2.24, 2.45) is 0 Å². The molecule has 0 fully saturated rings. The number of rotatable bonds is 3. The minimum atomic E-state index is -1.69. The highest BCUT2D eigenvalue weighted by atomic mass is 19.2. The first-order chi connectivity index (χ1) is 7.90. The molecule has 17 heavy (non-hydrogen) atoms. The van der Waals surface area contributed by atoms with Crippen LogP contribution in [0.1, 0.15) is 25.8 Å². The second-order valence-electron chi connectivity index (χ2n) is 3.41. The average molecular weight is 250 g/mol. The second-order valence-corrected chi connectivity index (χ2v) is 3.41. The van der Waals surface area contributed by atoms with Crippen LogP contribution in [0.5, 0.6) is 5.75 Å². The van der Waals surface area contributed by atoms with Gasteiger partial charge in [0.2, 0.25) is 17.4 Å². The first-order valence-electron chi connectivity index (χ1n) is 4.93. The zero-order valence-corrected chi connectivity index (χ0v) is 9.24. The fourth-order valence-corrected chi connectivity index (χ4v) is 1.36. The Morgan fingerprint density at radius 2 is 1.53 bits per heavy atom. The number of halogens is 4. The van der Waals surface area contributed by atoms with Gasteiger partial charge in [-0.2, -0.15) is 8.78 Å². The number of carbonyl (C=O) groups is 1. The van der Waals surface area contributed by atoms with E-state index in [4.69, 9.17) is 0 Å². The molecule has 0 atom stereocenters. The zero-order valence-electron chi connectivity index (χ0n) is 9.24. The molecule has 0 bridgehead atoms. The third-order valence-corrected chi connectivity index (χ3v) is 2.06. The molecule has 0 aliphatic carbocycles. The van der Waals surface area contributed by atoms with Crippen LogP contribution in [-0.2, 0) is 11.2 Å². The Bertz CT molecular complexity index is 428. The van der Waals surface area contributed by atoms with E-state index < -0.39 is 40.6 Å². The van der Waals surface area contributed by atoms with E-state index in [2.05, 4.69) is 4.74 Å². The van der Waals surface area contributed by atoms with E-state index in [1.54, 1.807) is 6.92 Å². The Morgan fingerprint density at radius 1 is 1.06 bits per heavy atom. The summed E-state index contributed by atoms with van der Waals surface area (Å²) in [5.74, 6) is -8.84. The largest absolute Gasteiger partial charge is 0.420 e. The standard InChI is InChI=1S/C11H10F4O2/c1-3-4-6-7(12)9(14)11(17-5(2)16)10(15)8(6)13/h3-4H2,1-2H3. The topological polar surface area (TPSA) is 26.3 Å². The van der Waals surface area contributed by atoms with Gasteiger partial charge in [-0.3, -0.25) is 4.79 Å². The summed E-state index contributed by atoms with van der Waals surface area (Å²) in [6.07, 6.45) is 0.172. The predicted octanol–water partition coefficient (Wildman–Crippen LogP) is 3.12. The molecule has 1 aromatic rings. The molecule has 0 saturated carbocycles. The minimum absolute atomic E-state index is 0.147. The van der Waals surface area contributed by atoms with E-state index >= 15 is 0 Å². The summed E-state index contributed by atoms with van der Waals surface area (Å²) in [4.78, 5) is 10.6. The lowest BCUT2D eigenvalue weighted by molar-refractivity contribution is -0.132. The maximum absolute atomic E-state index is 13.4. The van der Waals surface area contributed by atoms with Crippen LogP contribution in [-0.4, -0.2) is 5.97 Å². The Labute approximate surface area is 95.2 Å². The molecule has 0 N–H and O–H groups in total. The van der Waals surface area contributed by atoms with Gasteiger partial charge in [0.15, 0.2) is 11.6 Å². The summed E-state index contributed by atoms with van der Waals surface area (Å²) in [6.45, 7) is 2.48. The van der Waals surface area contributed by atoms with Gasteiger partial charge in [0.05, 0.1) is 0 Å². The molecule has 94 valence electrons. The molecule has 0 amide bonds. The number of hydrogen-bond donors (Lipinski definition) is 0. The van der Waals surface area contributed by atoms with Crippen molar-refractivity contribution in [2.45, 2.75) is 26.7 Å². The van der Waals surface area contributed by atoms with E-state index in [1.807, 2.05) is 0 Å². The van der Waals surface area contributed by atoms with Crippen LogP contribution in [0.15, 0.2) is 0 Å². The molecule has 2 nitrogen and oxygen atoms in total. The summed E-state index contributed by atoms with van der Waals surface area (Å²) in [7, 11) is 0. The van der Waals surface area contributed by atoms with Crippen LogP contribution in [0, 0.1) is 23.3 Å². The normalized spacial score (nSPS) is 10.5. The zero-order chi connectivity index (χ0) is 13.2. The van der Waals surface area contributed by atoms with Crippen molar-refractivity contribution in [3.63, 3.8) is 0 Å². The molecule has 6 heteroatoms. The Kier molecular flexibility index (Phi) is 4.09. The monoisotopic (exact) mass is 250 g/mol. The highest BCUT2D eigenvalue weighted by Crippen LogP contribution is 2.30. The van der Waals surface area contributed by atoms with Crippen LogP contribution >= 0.6 is 0 Å². The maximum atomic E-state index is 13.4. The molecule has 0 aromatic heterocycles. The van der Waals surface area contributed by atoms with Crippen molar-refractivity contribution in [3.8, 4) is 5.75 Å². The highest BCUT2D eigenvalue weighted by molar-refractivity contribution is 5.69. The number of ether oxygens (including phenoxy) is 1. The quantitative estimate of drug-likeness (QED) is 0.356. The van der Waals surface area contributed by atoms with Gasteiger partial charge in [-0.1, -0.05) is 13.3 Å². The predicted molar refractivity (Wildman–Crippen MR) is 51.6 cm³/mol. The van der Waals surface area contributed by atoms with Gasteiger partial charge >= 0.3 is 5.97 Å². The van der Waals surface area contributed by atoms with Gasteiger partial charge in [0, 0.05) is 12.5 Å². The summed E-state index contributed by atoms with van der Waals surface area (Å²) in [5.41, 5.74) is -0.682. The lowest BCUT2D eigenvalue weighted by atomic mass is 10.1. The minimum Gasteiger partial charge on any atom is -0.420 e. The Balaban J connectivity index is 3.41. The fourth-order valence-electron chi connectivity index (χ4n) is 1.36. The van der Waals surface area contributed by atoms with Gasteiger partial charge in [-0.25, -0.2) is 8.78 Å². The molecule has 1 rings (SSSR count). The van der Waals surface area contributed by atoms with Crippen molar-refractivity contribution in [3.05, 3.63) is 28.8 Å². The van der Waals surface area contributed by atoms with Crippen molar-refractivity contribution >= 4 is 5.97 Å². The summed E-state index contributed by atoms with van der Waals surface area (Å²) in [5, 5.41) is 0. The number of benzene rings is 1. The van der Waals surface area contributed by atoms with Gasteiger partial charge in [0.1, 0.15) is 0 Å². The molecule has 0 aliphatic heterocycles. The lowest BCUT2D eigenvalue weighted by Crippen LogP contribution is -2.11. The molecule has 0 aliphatic rings. The van der Waals surface area contributed by atoms with Gasteiger partial charge < -0.3 is 4.74 Å². The van der Waals surface area contributed by atoms with Crippen molar-refractivity contribution in [1.82, 2.24) is 0 Å². The molecule has 0 saturated heterocycles. The molecule has 1 aromatic carbocycles. The third-order valence-electron chi connectivity index (χ3n) is 2.06. The van der Waals surface area contributed by atoms with Crippen LogP contribution in [0.3, 0.4) is 0 Å². The number of esters is 1. The van der Waals surface area contributed by atoms with Crippen molar-refractivity contribution < 1.29 is 27.1 Å².